The molecule has 1 unspecified atom stereocenters. The summed E-state index contributed by atoms with van der Waals surface area (Å²) in [6.07, 6.45) is 4.11. The maximum Gasteiger partial charge on any atom is 0.222 e. The van der Waals surface area contributed by atoms with Crippen molar-refractivity contribution in [1.29, 1.82) is 0 Å². The molecule has 0 saturated heterocycles. The second-order valence-corrected chi connectivity index (χ2v) is 7.54. The van der Waals surface area contributed by atoms with Crippen LogP contribution in [0.3, 0.4) is 0 Å². The molecule has 0 radical (unpaired) electrons. The van der Waals surface area contributed by atoms with Crippen molar-refractivity contribution in [2.75, 3.05) is 52.7 Å². The number of carbonyl (C=O) groups is 2. The van der Waals surface area contributed by atoms with Gasteiger partial charge in [-0.3, -0.25) is 9.59 Å². The van der Waals surface area contributed by atoms with Crippen LogP contribution in [0, 0.1) is 11.8 Å². The smallest absolute Gasteiger partial charge is 0.222 e. The fraction of sp³-hybridized carbons (Fsp3) is 0.905. The highest BCUT2D eigenvalue weighted by molar-refractivity contribution is 5.76. The Balaban J connectivity index is -0.00000364. The SMILES string of the molecule is CCC(C)CC(=O)NCCOCCOCCOCCC(=O)NCCCC(C)C.[HH].[HH]. The quantitative estimate of drug-likeness (QED) is 0.322. The lowest BCUT2D eigenvalue weighted by atomic mass is 10.1. The van der Waals surface area contributed by atoms with E-state index in [0.717, 1.165) is 25.8 Å². The van der Waals surface area contributed by atoms with Crippen LogP contribution in [0.2, 0.25) is 0 Å². The van der Waals surface area contributed by atoms with Crippen molar-refractivity contribution in [3.63, 3.8) is 0 Å². The topological polar surface area (TPSA) is 85.9 Å². The van der Waals surface area contributed by atoms with Gasteiger partial charge in [0, 0.05) is 28.8 Å². The standard InChI is InChI=1S/C21H42N2O5.2H2/c1-5-19(4)17-21(25)23-10-12-27-14-16-28-15-13-26-11-8-20(24)22-9-6-7-18(2)3;;/h18-19H,5-17H2,1-4H3,(H,22,24)(H,23,25);2*1H. The minimum absolute atomic E-state index is 0. The van der Waals surface area contributed by atoms with Crippen LogP contribution in [-0.4, -0.2) is 64.5 Å². The molecular weight excluding hydrogens is 360 g/mol. The first-order valence-corrected chi connectivity index (χ1v) is 10.7. The molecule has 7 nitrogen and oxygen atoms in total. The van der Waals surface area contributed by atoms with Crippen molar-refractivity contribution in [1.82, 2.24) is 10.6 Å². The summed E-state index contributed by atoms with van der Waals surface area (Å²) in [5.74, 6) is 1.21. The molecule has 0 spiro atoms. The van der Waals surface area contributed by atoms with Crippen LogP contribution in [0.15, 0.2) is 0 Å². The monoisotopic (exact) mass is 406 g/mol. The molecule has 0 aromatic heterocycles. The van der Waals surface area contributed by atoms with E-state index in [1.165, 1.54) is 0 Å². The van der Waals surface area contributed by atoms with Gasteiger partial charge in [-0.15, -0.1) is 0 Å². The van der Waals surface area contributed by atoms with Crippen LogP contribution >= 0.6 is 0 Å². The van der Waals surface area contributed by atoms with E-state index >= 15 is 0 Å². The van der Waals surface area contributed by atoms with E-state index in [2.05, 4.69) is 38.3 Å². The molecule has 0 heterocycles. The lowest BCUT2D eigenvalue weighted by molar-refractivity contribution is -0.123. The van der Waals surface area contributed by atoms with Crippen LogP contribution in [-0.2, 0) is 23.8 Å². The van der Waals surface area contributed by atoms with E-state index in [1.807, 2.05) is 0 Å². The molecule has 1 atom stereocenters. The lowest BCUT2D eigenvalue weighted by Crippen LogP contribution is -2.28. The summed E-state index contributed by atoms with van der Waals surface area (Å²) in [5, 5.41) is 5.75. The first-order valence-electron chi connectivity index (χ1n) is 10.7. The molecule has 0 fully saturated rings. The second-order valence-electron chi connectivity index (χ2n) is 7.54. The van der Waals surface area contributed by atoms with E-state index in [0.29, 0.717) is 70.9 Å². The van der Waals surface area contributed by atoms with Gasteiger partial charge in [0.15, 0.2) is 0 Å². The van der Waals surface area contributed by atoms with Crippen molar-refractivity contribution < 1.29 is 26.7 Å². The normalized spacial score (nSPS) is 12.2. The molecule has 0 aromatic rings. The van der Waals surface area contributed by atoms with Gasteiger partial charge in [0.2, 0.25) is 11.8 Å². The Labute approximate surface area is 174 Å². The molecule has 0 rings (SSSR count). The molecule has 0 aliphatic heterocycles. The first-order chi connectivity index (χ1) is 13.5. The van der Waals surface area contributed by atoms with Crippen LogP contribution in [0.4, 0.5) is 0 Å². The maximum atomic E-state index is 11.6. The first kappa shape index (κ1) is 26.8. The van der Waals surface area contributed by atoms with Gasteiger partial charge < -0.3 is 24.8 Å². The van der Waals surface area contributed by atoms with Crippen LogP contribution < -0.4 is 10.6 Å². The number of carbonyl (C=O) groups excluding carboxylic acids is 2. The average Bonchev–Trinajstić information content (AvgIpc) is 2.65. The van der Waals surface area contributed by atoms with Crippen molar-refractivity contribution in [2.45, 2.75) is 59.8 Å². The molecule has 0 bridgehead atoms. The third-order valence-electron chi connectivity index (χ3n) is 4.30. The maximum absolute atomic E-state index is 11.6. The van der Waals surface area contributed by atoms with Crippen molar-refractivity contribution >= 4 is 11.8 Å². The van der Waals surface area contributed by atoms with E-state index in [1.54, 1.807) is 0 Å². The fourth-order valence-corrected chi connectivity index (χ4v) is 2.33. The Kier molecular flexibility index (Phi) is 18.3. The summed E-state index contributed by atoms with van der Waals surface area (Å²) in [4.78, 5) is 23.2. The number of amides is 2. The number of rotatable bonds is 19. The third-order valence-corrected chi connectivity index (χ3v) is 4.30. The predicted molar refractivity (Wildman–Crippen MR) is 115 cm³/mol. The van der Waals surface area contributed by atoms with Crippen molar-refractivity contribution in [3.05, 3.63) is 0 Å². The van der Waals surface area contributed by atoms with Gasteiger partial charge in [-0.25, -0.2) is 0 Å². The average molecular weight is 407 g/mol. The molecule has 0 aliphatic carbocycles. The Bertz CT molecular complexity index is 402. The molecule has 7 heteroatoms. The van der Waals surface area contributed by atoms with Crippen LogP contribution in [0.5, 0.6) is 0 Å². The molecule has 170 valence electrons. The predicted octanol–water partition coefficient (Wildman–Crippen LogP) is 3.02. The zero-order valence-electron chi connectivity index (χ0n) is 18.4. The summed E-state index contributed by atoms with van der Waals surface area (Å²) in [6, 6.07) is 0. The van der Waals surface area contributed by atoms with Gasteiger partial charge in [0.05, 0.1) is 39.6 Å². The molecule has 0 saturated carbocycles. The number of nitrogens with one attached hydrogen (secondary N) is 2. The number of ether oxygens (including phenoxy) is 3. The molecule has 0 aromatic carbocycles. The minimum atomic E-state index is 0. The van der Waals surface area contributed by atoms with Crippen LogP contribution in [0.25, 0.3) is 0 Å². The summed E-state index contributed by atoms with van der Waals surface area (Å²) in [7, 11) is 0. The largest absolute Gasteiger partial charge is 0.379 e. The lowest BCUT2D eigenvalue weighted by Gasteiger charge is -2.10. The third kappa shape index (κ3) is 19.6. The Hall–Kier alpha value is -1.18. The van der Waals surface area contributed by atoms with E-state index in [4.69, 9.17) is 14.2 Å². The van der Waals surface area contributed by atoms with Gasteiger partial charge >= 0.3 is 0 Å². The Morgan fingerprint density at radius 1 is 0.821 bits per heavy atom. The molecule has 2 amide bonds. The van der Waals surface area contributed by atoms with Crippen molar-refractivity contribution in [2.24, 2.45) is 11.8 Å². The van der Waals surface area contributed by atoms with E-state index in [-0.39, 0.29) is 14.7 Å². The van der Waals surface area contributed by atoms with E-state index in [9.17, 15) is 9.59 Å². The number of hydrogen-bond donors (Lipinski definition) is 2. The van der Waals surface area contributed by atoms with Gasteiger partial charge in [0.25, 0.3) is 0 Å². The van der Waals surface area contributed by atoms with Gasteiger partial charge in [-0.2, -0.15) is 0 Å². The Morgan fingerprint density at radius 3 is 2.00 bits per heavy atom. The molecule has 28 heavy (non-hydrogen) atoms. The molecule has 2 N–H and O–H groups in total. The highest BCUT2D eigenvalue weighted by Gasteiger charge is 2.06. The fourth-order valence-electron chi connectivity index (χ4n) is 2.33. The summed E-state index contributed by atoms with van der Waals surface area (Å²) >= 11 is 0. The number of hydrogen-bond acceptors (Lipinski definition) is 5. The van der Waals surface area contributed by atoms with Gasteiger partial charge in [0.1, 0.15) is 0 Å². The zero-order chi connectivity index (χ0) is 21.0. The van der Waals surface area contributed by atoms with Crippen LogP contribution in [0.1, 0.15) is 62.7 Å². The molecule has 0 aliphatic rings. The highest BCUT2D eigenvalue weighted by atomic mass is 16.5. The van der Waals surface area contributed by atoms with Crippen molar-refractivity contribution in [3.8, 4) is 0 Å². The summed E-state index contributed by atoms with van der Waals surface area (Å²) < 4.78 is 16.2. The van der Waals surface area contributed by atoms with Gasteiger partial charge in [-0.05, 0) is 24.7 Å². The van der Waals surface area contributed by atoms with E-state index < -0.39 is 0 Å². The summed E-state index contributed by atoms with van der Waals surface area (Å²) in [5.41, 5.74) is 0. The summed E-state index contributed by atoms with van der Waals surface area (Å²) in [6.45, 7) is 12.6. The Morgan fingerprint density at radius 2 is 1.39 bits per heavy atom. The zero-order valence-corrected chi connectivity index (χ0v) is 18.4. The van der Waals surface area contributed by atoms with Gasteiger partial charge in [-0.1, -0.05) is 34.1 Å². The molecular formula is C21H46N2O5. The second kappa shape index (κ2) is 19.2. The minimum Gasteiger partial charge on any atom is -0.379 e. The highest BCUT2D eigenvalue weighted by Crippen LogP contribution is 2.05.